The maximum Gasteiger partial charge on any atom is 0.137 e. The number of rotatable bonds is 4. The van der Waals surface area contributed by atoms with Crippen molar-refractivity contribution in [1.29, 1.82) is 0 Å². The van der Waals surface area contributed by atoms with Gasteiger partial charge in [0.1, 0.15) is 16.6 Å². The maximum atomic E-state index is 14.0. The Kier molecular flexibility index (Phi) is 4.17. The van der Waals surface area contributed by atoms with Gasteiger partial charge < -0.3 is 10.5 Å². The Labute approximate surface area is 116 Å². The molecule has 102 valence electrons. The summed E-state index contributed by atoms with van der Waals surface area (Å²) in [5.74, 6) is 0.431. The lowest BCUT2D eigenvalue weighted by molar-refractivity contribution is 0.413. The third kappa shape index (κ3) is 2.62. The monoisotopic (exact) mass is 280 g/mol. The number of nitrogens with zero attached hydrogens (tertiary/aromatic N) is 1. The molecule has 0 saturated carbocycles. The molecule has 0 aliphatic heterocycles. The Bertz CT molecular complexity index is 581. The molecule has 0 aliphatic carbocycles. The molecule has 19 heavy (non-hydrogen) atoms. The minimum atomic E-state index is -0.327. The Hall–Kier alpha value is -1.46. The highest BCUT2D eigenvalue weighted by Gasteiger charge is 2.19. The van der Waals surface area contributed by atoms with Gasteiger partial charge in [0, 0.05) is 11.4 Å². The summed E-state index contributed by atoms with van der Waals surface area (Å²) in [4.78, 5) is 5.53. The van der Waals surface area contributed by atoms with Crippen molar-refractivity contribution < 1.29 is 9.13 Å². The van der Waals surface area contributed by atoms with E-state index in [1.54, 1.807) is 12.1 Å². The Morgan fingerprint density at radius 3 is 2.68 bits per heavy atom. The summed E-state index contributed by atoms with van der Waals surface area (Å²) in [6.07, 6.45) is 0. The Morgan fingerprint density at radius 2 is 2.16 bits per heavy atom. The van der Waals surface area contributed by atoms with Gasteiger partial charge in [-0.2, -0.15) is 0 Å². The van der Waals surface area contributed by atoms with E-state index in [1.807, 2.05) is 0 Å². The zero-order valence-corrected chi connectivity index (χ0v) is 12.1. The summed E-state index contributed by atoms with van der Waals surface area (Å²) in [7, 11) is 1.53. The molecular weight excluding hydrogens is 263 g/mol. The van der Waals surface area contributed by atoms with Crippen molar-refractivity contribution in [2.75, 3.05) is 7.11 Å². The third-order valence-corrected chi connectivity index (χ3v) is 3.98. The fourth-order valence-electron chi connectivity index (χ4n) is 1.95. The lowest BCUT2D eigenvalue weighted by atomic mass is 10.1. The van der Waals surface area contributed by atoms with Crippen LogP contribution in [0.5, 0.6) is 5.75 Å². The topological polar surface area (TPSA) is 48.1 Å². The zero-order chi connectivity index (χ0) is 14.0. The second-order valence-corrected chi connectivity index (χ2v) is 5.59. The van der Waals surface area contributed by atoms with E-state index >= 15 is 0 Å². The predicted octanol–water partition coefficient (Wildman–Crippen LogP) is 3.54. The molecule has 1 aromatic heterocycles. The summed E-state index contributed by atoms with van der Waals surface area (Å²) in [6.45, 7) is 4.52. The van der Waals surface area contributed by atoms with E-state index < -0.39 is 0 Å². The van der Waals surface area contributed by atoms with Crippen LogP contribution < -0.4 is 10.5 Å². The van der Waals surface area contributed by atoms with Gasteiger partial charge in [0.25, 0.3) is 0 Å². The largest absolute Gasteiger partial charge is 0.496 e. The number of ether oxygens (including phenoxy) is 1. The molecule has 0 radical (unpaired) electrons. The summed E-state index contributed by atoms with van der Waals surface area (Å²) in [5.41, 5.74) is 7.09. The molecule has 0 unspecified atom stereocenters. The molecule has 1 heterocycles. The van der Waals surface area contributed by atoms with E-state index in [-0.39, 0.29) is 11.7 Å². The standard InChI is InChI=1S/C14H17FN2OS/c1-8(2)13-11(7-16)19-14(17-13)12-9(15)5-4-6-10(12)18-3/h4-6,8H,7,16H2,1-3H3. The van der Waals surface area contributed by atoms with E-state index in [2.05, 4.69) is 18.8 Å². The first kappa shape index (κ1) is 14.0. The highest BCUT2D eigenvalue weighted by Crippen LogP contribution is 2.37. The van der Waals surface area contributed by atoms with Crippen LogP contribution in [0.15, 0.2) is 18.2 Å². The molecule has 0 amide bonds. The molecule has 2 N–H and O–H groups in total. The van der Waals surface area contributed by atoms with Crippen LogP contribution in [-0.4, -0.2) is 12.1 Å². The number of hydrogen-bond acceptors (Lipinski definition) is 4. The van der Waals surface area contributed by atoms with Gasteiger partial charge in [-0.15, -0.1) is 11.3 Å². The number of methoxy groups -OCH3 is 1. The first-order valence-corrected chi connectivity index (χ1v) is 6.92. The number of halogens is 1. The number of benzene rings is 1. The molecular formula is C14H17FN2OS. The van der Waals surface area contributed by atoms with Crippen LogP contribution in [0.4, 0.5) is 4.39 Å². The predicted molar refractivity (Wildman–Crippen MR) is 76.0 cm³/mol. The van der Waals surface area contributed by atoms with Crippen LogP contribution in [-0.2, 0) is 6.54 Å². The van der Waals surface area contributed by atoms with Crippen LogP contribution in [0.2, 0.25) is 0 Å². The first-order chi connectivity index (χ1) is 9.08. The van der Waals surface area contributed by atoms with Gasteiger partial charge in [0.05, 0.1) is 18.4 Å². The molecule has 0 fully saturated rings. The number of hydrogen-bond donors (Lipinski definition) is 1. The van der Waals surface area contributed by atoms with E-state index in [0.29, 0.717) is 22.9 Å². The fourth-order valence-corrected chi connectivity index (χ4v) is 3.10. The van der Waals surface area contributed by atoms with E-state index in [0.717, 1.165) is 10.6 Å². The fraction of sp³-hybridized carbons (Fsp3) is 0.357. The van der Waals surface area contributed by atoms with Crippen LogP contribution >= 0.6 is 11.3 Å². The zero-order valence-electron chi connectivity index (χ0n) is 11.2. The summed E-state index contributed by atoms with van der Waals surface area (Å²) in [6, 6.07) is 4.77. The van der Waals surface area contributed by atoms with Crippen molar-refractivity contribution >= 4 is 11.3 Å². The van der Waals surface area contributed by atoms with Crippen molar-refractivity contribution in [3.05, 3.63) is 34.6 Å². The van der Waals surface area contributed by atoms with Crippen LogP contribution in [0.25, 0.3) is 10.6 Å². The quantitative estimate of drug-likeness (QED) is 0.932. The average Bonchev–Trinajstić information content (AvgIpc) is 2.82. The molecule has 0 bridgehead atoms. The van der Waals surface area contributed by atoms with Gasteiger partial charge in [0.2, 0.25) is 0 Å². The van der Waals surface area contributed by atoms with Gasteiger partial charge in [0.15, 0.2) is 0 Å². The third-order valence-electron chi connectivity index (χ3n) is 2.87. The van der Waals surface area contributed by atoms with Crippen molar-refractivity contribution in [2.24, 2.45) is 5.73 Å². The number of thiazole rings is 1. The SMILES string of the molecule is COc1cccc(F)c1-c1nc(C(C)C)c(CN)s1. The van der Waals surface area contributed by atoms with Crippen LogP contribution in [0.3, 0.4) is 0 Å². The Morgan fingerprint density at radius 1 is 1.42 bits per heavy atom. The Balaban J connectivity index is 2.59. The van der Waals surface area contributed by atoms with Crippen LogP contribution in [0.1, 0.15) is 30.3 Å². The molecule has 0 spiro atoms. The smallest absolute Gasteiger partial charge is 0.137 e. The average molecular weight is 280 g/mol. The van der Waals surface area contributed by atoms with E-state index in [9.17, 15) is 4.39 Å². The number of nitrogens with two attached hydrogens (primary N) is 1. The van der Waals surface area contributed by atoms with Gasteiger partial charge in [-0.25, -0.2) is 9.37 Å². The molecule has 0 atom stereocenters. The van der Waals surface area contributed by atoms with Crippen molar-refractivity contribution in [2.45, 2.75) is 26.3 Å². The molecule has 0 aliphatic rings. The summed E-state index contributed by atoms with van der Waals surface area (Å²) in [5, 5.41) is 0.624. The maximum absolute atomic E-state index is 14.0. The second-order valence-electron chi connectivity index (χ2n) is 4.50. The van der Waals surface area contributed by atoms with Crippen molar-refractivity contribution in [3.8, 4) is 16.3 Å². The second kappa shape index (κ2) is 5.67. The van der Waals surface area contributed by atoms with Crippen molar-refractivity contribution in [1.82, 2.24) is 4.98 Å². The van der Waals surface area contributed by atoms with E-state index in [1.165, 1.54) is 24.5 Å². The van der Waals surface area contributed by atoms with E-state index in [4.69, 9.17) is 10.5 Å². The minimum absolute atomic E-state index is 0.265. The lowest BCUT2D eigenvalue weighted by Crippen LogP contribution is -1.99. The summed E-state index contributed by atoms with van der Waals surface area (Å²) >= 11 is 1.43. The highest BCUT2D eigenvalue weighted by molar-refractivity contribution is 7.15. The first-order valence-electron chi connectivity index (χ1n) is 6.11. The molecule has 2 rings (SSSR count). The normalized spacial score (nSPS) is 11.1. The van der Waals surface area contributed by atoms with Crippen LogP contribution in [0, 0.1) is 5.82 Å². The van der Waals surface area contributed by atoms with Gasteiger partial charge in [-0.05, 0) is 18.1 Å². The van der Waals surface area contributed by atoms with Crippen molar-refractivity contribution in [3.63, 3.8) is 0 Å². The molecule has 0 saturated heterocycles. The molecule has 3 nitrogen and oxygen atoms in total. The van der Waals surface area contributed by atoms with Gasteiger partial charge in [-0.1, -0.05) is 19.9 Å². The molecule has 1 aromatic carbocycles. The summed E-state index contributed by atoms with van der Waals surface area (Å²) < 4.78 is 19.2. The number of aromatic nitrogens is 1. The minimum Gasteiger partial charge on any atom is -0.496 e. The van der Waals surface area contributed by atoms with Gasteiger partial charge >= 0.3 is 0 Å². The van der Waals surface area contributed by atoms with Gasteiger partial charge in [-0.3, -0.25) is 0 Å². The molecule has 2 aromatic rings. The molecule has 5 heteroatoms. The highest BCUT2D eigenvalue weighted by atomic mass is 32.1. The lowest BCUT2D eigenvalue weighted by Gasteiger charge is -2.06.